The van der Waals surface area contributed by atoms with Gasteiger partial charge in [-0.2, -0.15) is 0 Å². The molecule has 0 radical (unpaired) electrons. The van der Waals surface area contributed by atoms with E-state index in [-0.39, 0.29) is 17.8 Å². The third kappa shape index (κ3) is 5.46. The molecule has 0 bridgehead atoms. The van der Waals surface area contributed by atoms with Crippen LogP contribution in [0.2, 0.25) is 0 Å². The van der Waals surface area contributed by atoms with E-state index in [4.69, 9.17) is 4.74 Å². The Morgan fingerprint density at radius 1 is 1.35 bits per heavy atom. The van der Waals surface area contributed by atoms with Gasteiger partial charge in [0.1, 0.15) is 6.61 Å². The van der Waals surface area contributed by atoms with Gasteiger partial charge in [0, 0.05) is 11.5 Å². The lowest BCUT2D eigenvalue weighted by Crippen LogP contribution is -2.13. The van der Waals surface area contributed by atoms with E-state index in [1.54, 1.807) is 11.3 Å². The first-order chi connectivity index (χ1) is 7.92. The van der Waals surface area contributed by atoms with Gasteiger partial charge in [0.05, 0.1) is 4.88 Å². The quantitative estimate of drug-likeness (QED) is 0.567. The van der Waals surface area contributed by atoms with E-state index in [0.29, 0.717) is 6.61 Å². The summed E-state index contributed by atoms with van der Waals surface area (Å²) >= 11 is 1.58. The van der Waals surface area contributed by atoms with Crippen molar-refractivity contribution in [1.29, 1.82) is 0 Å². The van der Waals surface area contributed by atoms with E-state index in [9.17, 15) is 4.79 Å². The zero-order valence-corrected chi connectivity index (χ0v) is 12.0. The van der Waals surface area contributed by atoms with Crippen molar-refractivity contribution in [2.45, 2.75) is 40.5 Å². The van der Waals surface area contributed by atoms with Crippen molar-refractivity contribution in [3.8, 4) is 0 Å². The highest BCUT2D eigenvalue weighted by atomic mass is 32.1. The summed E-state index contributed by atoms with van der Waals surface area (Å²) in [6, 6.07) is 3.92. The number of Topliss-reactive ketones (excluding diaryl/α,β-unsaturated/α-hetero) is 1. The number of rotatable bonds is 6. The Bertz CT molecular complexity index is 361. The van der Waals surface area contributed by atoms with Gasteiger partial charge in [-0.25, -0.2) is 0 Å². The Hall–Kier alpha value is -0.670. The van der Waals surface area contributed by atoms with Crippen LogP contribution in [0.4, 0.5) is 0 Å². The number of carbonyl (C=O) groups excluding carboxylic acids is 1. The molecular weight excluding hydrogens is 232 g/mol. The zero-order valence-electron chi connectivity index (χ0n) is 11.2. The third-order valence-corrected chi connectivity index (χ3v) is 3.79. The maximum atomic E-state index is 11.8. The summed E-state index contributed by atoms with van der Waals surface area (Å²) in [5.74, 6) is 0.101. The van der Waals surface area contributed by atoms with Gasteiger partial charge in [-0.15, -0.1) is 11.3 Å². The molecule has 0 fully saturated rings. The van der Waals surface area contributed by atoms with Crippen LogP contribution in [0, 0.1) is 5.41 Å². The van der Waals surface area contributed by atoms with Crippen molar-refractivity contribution in [3.05, 3.63) is 21.9 Å². The Balaban J connectivity index is 2.30. The van der Waals surface area contributed by atoms with E-state index in [0.717, 1.165) is 17.7 Å². The highest BCUT2D eigenvalue weighted by molar-refractivity contribution is 7.14. The molecule has 0 aliphatic carbocycles. The molecule has 0 atom stereocenters. The number of hydrogen-bond donors (Lipinski definition) is 0. The Labute approximate surface area is 108 Å². The first-order valence-electron chi connectivity index (χ1n) is 6.12. The van der Waals surface area contributed by atoms with Crippen molar-refractivity contribution in [1.82, 2.24) is 0 Å². The van der Waals surface area contributed by atoms with E-state index in [1.807, 2.05) is 12.1 Å². The minimum absolute atomic E-state index is 0.101. The fourth-order valence-electron chi connectivity index (χ4n) is 1.33. The third-order valence-electron chi connectivity index (χ3n) is 2.51. The molecule has 1 rings (SSSR count). The van der Waals surface area contributed by atoms with E-state index < -0.39 is 0 Å². The largest absolute Gasteiger partial charge is 0.373 e. The molecule has 3 heteroatoms. The predicted molar refractivity (Wildman–Crippen MR) is 72.9 cm³/mol. The molecule has 0 saturated heterocycles. The summed E-state index contributed by atoms with van der Waals surface area (Å²) in [5.41, 5.74) is 0.265. The van der Waals surface area contributed by atoms with Crippen LogP contribution in [-0.4, -0.2) is 19.0 Å². The summed E-state index contributed by atoms with van der Waals surface area (Å²) in [7, 11) is 0. The number of carbonyl (C=O) groups is 1. The highest BCUT2D eigenvalue weighted by Gasteiger charge is 2.12. The standard InChI is InChI=1S/C14H22O2S/c1-5-11-6-7-13(17-11)12(15)10-16-9-8-14(2,3)4/h6-7H,5,8-10H2,1-4H3. The number of hydrogen-bond acceptors (Lipinski definition) is 3. The zero-order chi connectivity index (χ0) is 12.9. The normalized spacial score (nSPS) is 11.8. The van der Waals surface area contributed by atoms with Gasteiger partial charge < -0.3 is 4.74 Å². The van der Waals surface area contributed by atoms with E-state index in [2.05, 4.69) is 27.7 Å². The molecule has 0 aromatic carbocycles. The van der Waals surface area contributed by atoms with Crippen LogP contribution in [0.5, 0.6) is 0 Å². The van der Waals surface area contributed by atoms with Gasteiger partial charge >= 0.3 is 0 Å². The number of ketones is 1. The van der Waals surface area contributed by atoms with E-state index in [1.165, 1.54) is 4.88 Å². The maximum absolute atomic E-state index is 11.8. The molecule has 0 saturated carbocycles. The molecule has 0 spiro atoms. The minimum Gasteiger partial charge on any atom is -0.373 e. The van der Waals surface area contributed by atoms with Crippen molar-refractivity contribution >= 4 is 17.1 Å². The summed E-state index contributed by atoms with van der Waals surface area (Å²) in [5, 5.41) is 0. The Kier molecular flexibility index (Phi) is 5.34. The van der Waals surface area contributed by atoms with Crippen LogP contribution in [0.15, 0.2) is 12.1 Å². The average molecular weight is 254 g/mol. The number of aryl methyl sites for hydroxylation is 1. The van der Waals surface area contributed by atoms with Crippen molar-refractivity contribution in [3.63, 3.8) is 0 Å². The van der Waals surface area contributed by atoms with Gasteiger partial charge in [0.2, 0.25) is 0 Å². The summed E-state index contributed by atoms with van der Waals surface area (Å²) < 4.78 is 5.43. The van der Waals surface area contributed by atoms with Gasteiger partial charge in [0.25, 0.3) is 0 Å². The second-order valence-electron chi connectivity index (χ2n) is 5.41. The lowest BCUT2D eigenvalue weighted by Gasteiger charge is -2.17. The average Bonchev–Trinajstić information content (AvgIpc) is 2.71. The van der Waals surface area contributed by atoms with Crippen molar-refractivity contribution < 1.29 is 9.53 Å². The van der Waals surface area contributed by atoms with Crippen LogP contribution < -0.4 is 0 Å². The molecule has 0 aliphatic heterocycles. The molecule has 96 valence electrons. The van der Waals surface area contributed by atoms with Gasteiger partial charge in [-0.3, -0.25) is 4.79 Å². The van der Waals surface area contributed by atoms with E-state index >= 15 is 0 Å². The second-order valence-corrected chi connectivity index (χ2v) is 6.57. The van der Waals surface area contributed by atoms with Crippen molar-refractivity contribution in [2.24, 2.45) is 5.41 Å². The summed E-state index contributed by atoms with van der Waals surface area (Å²) in [4.78, 5) is 13.9. The van der Waals surface area contributed by atoms with Crippen LogP contribution >= 0.6 is 11.3 Å². The molecule has 2 nitrogen and oxygen atoms in total. The smallest absolute Gasteiger partial charge is 0.198 e. The van der Waals surface area contributed by atoms with Crippen molar-refractivity contribution in [2.75, 3.05) is 13.2 Å². The minimum atomic E-state index is 0.101. The first-order valence-corrected chi connectivity index (χ1v) is 6.93. The second kappa shape index (κ2) is 6.31. The number of ether oxygens (including phenoxy) is 1. The molecule has 0 N–H and O–H groups in total. The van der Waals surface area contributed by atoms with Crippen LogP contribution in [0.1, 0.15) is 48.7 Å². The molecule has 17 heavy (non-hydrogen) atoms. The lowest BCUT2D eigenvalue weighted by atomic mass is 9.93. The lowest BCUT2D eigenvalue weighted by molar-refractivity contribution is 0.0709. The molecule has 1 aromatic rings. The fourth-order valence-corrected chi connectivity index (χ4v) is 2.20. The van der Waals surface area contributed by atoms with Crippen LogP contribution in [0.25, 0.3) is 0 Å². The molecular formula is C14H22O2S. The van der Waals surface area contributed by atoms with Gasteiger partial charge in [-0.1, -0.05) is 27.7 Å². The molecule has 1 aromatic heterocycles. The predicted octanol–water partition coefficient (Wildman–Crippen LogP) is 3.95. The SMILES string of the molecule is CCc1ccc(C(=O)COCCC(C)(C)C)s1. The van der Waals surface area contributed by atoms with Crippen LogP contribution in [0.3, 0.4) is 0 Å². The van der Waals surface area contributed by atoms with Gasteiger partial charge in [-0.05, 0) is 30.4 Å². The fraction of sp³-hybridized carbons (Fsp3) is 0.643. The Morgan fingerprint density at radius 3 is 2.59 bits per heavy atom. The van der Waals surface area contributed by atoms with Crippen LogP contribution in [-0.2, 0) is 11.2 Å². The topological polar surface area (TPSA) is 26.3 Å². The molecule has 1 heterocycles. The first kappa shape index (κ1) is 14.4. The highest BCUT2D eigenvalue weighted by Crippen LogP contribution is 2.19. The van der Waals surface area contributed by atoms with Gasteiger partial charge in [0.15, 0.2) is 5.78 Å². The number of thiophene rings is 1. The molecule has 0 amide bonds. The monoisotopic (exact) mass is 254 g/mol. The molecule has 0 aliphatic rings. The Morgan fingerprint density at radius 2 is 2.06 bits per heavy atom. The molecule has 0 unspecified atom stereocenters. The maximum Gasteiger partial charge on any atom is 0.198 e. The summed E-state index contributed by atoms with van der Waals surface area (Å²) in [6.45, 7) is 9.47. The summed E-state index contributed by atoms with van der Waals surface area (Å²) in [6.07, 6.45) is 1.97.